The van der Waals surface area contributed by atoms with Gasteiger partial charge in [-0.2, -0.15) is 0 Å². The van der Waals surface area contributed by atoms with Crippen molar-refractivity contribution < 1.29 is 19.0 Å². The maximum absolute atomic E-state index is 13.1. The van der Waals surface area contributed by atoms with Crippen molar-refractivity contribution in [1.82, 2.24) is 9.97 Å². The summed E-state index contributed by atoms with van der Waals surface area (Å²) in [7, 11) is 4.55. The molecule has 0 radical (unpaired) electrons. The summed E-state index contributed by atoms with van der Waals surface area (Å²) in [5.41, 5.74) is 3.56. The topological polar surface area (TPSA) is 73.4 Å². The maximum Gasteiger partial charge on any atom is 0.213 e. The second-order valence-electron chi connectivity index (χ2n) is 6.17. The molecule has 1 N–H and O–H groups in total. The first-order valence-corrected chi connectivity index (χ1v) is 8.46. The Bertz CT molecular complexity index is 949. The Morgan fingerprint density at radius 3 is 2.04 bits per heavy atom. The molecule has 0 aliphatic heterocycles. The van der Waals surface area contributed by atoms with Crippen molar-refractivity contribution in [3.05, 3.63) is 58.9 Å². The summed E-state index contributed by atoms with van der Waals surface area (Å²) in [5.74, 6) is 1.72. The Morgan fingerprint density at radius 2 is 1.52 bits per heavy atom. The lowest BCUT2D eigenvalue weighted by Crippen LogP contribution is -2.06. The molecule has 0 fully saturated rings. The number of H-pyrrole nitrogens is 1. The van der Waals surface area contributed by atoms with E-state index in [4.69, 9.17) is 14.2 Å². The van der Waals surface area contributed by atoms with Gasteiger partial charge in [-0.3, -0.25) is 4.79 Å². The average Bonchev–Trinajstić information content (AvgIpc) is 3.08. The molecule has 0 atom stereocenters. The number of aromatic nitrogens is 2. The lowest BCUT2D eigenvalue weighted by molar-refractivity contribution is 0.103. The minimum absolute atomic E-state index is 0.221. The Kier molecular flexibility index (Phi) is 5.16. The van der Waals surface area contributed by atoms with Crippen LogP contribution >= 0.6 is 0 Å². The number of hydrogen-bond acceptors (Lipinski definition) is 5. The number of aryl methyl sites for hydroxylation is 2. The maximum atomic E-state index is 13.1. The summed E-state index contributed by atoms with van der Waals surface area (Å²) in [6.45, 7) is 3.85. The molecule has 6 heteroatoms. The van der Waals surface area contributed by atoms with Gasteiger partial charge in [-0.05, 0) is 26.0 Å². The van der Waals surface area contributed by atoms with E-state index in [0.717, 1.165) is 11.1 Å². The fraction of sp³-hybridized carbons (Fsp3) is 0.238. The third kappa shape index (κ3) is 3.51. The van der Waals surface area contributed by atoms with Crippen LogP contribution < -0.4 is 14.2 Å². The molecule has 2 aromatic carbocycles. The first kappa shape index (κ1) is 18.5. The summed E-state index contributed by atoms with van der Waals surface area (Å²) < 4.78 is 16.0. The number of hydrogen-bond donors (Lipinski definition) is 1. The monoisotopic (exact) mass is 366 g/mol. The van der Waals surface area contributed by atoms with E-state index in [2.05, 4.69) is 9.97 Å². The molecule has 1 heterocycles. The van der Waals surface area contributed by atoms with E-state index in [9.17, 15) is 4.79 Å². The zero-order valence-corrected chi connectivity index (χ0v) is 16.0. The Morgan fingerprint density at radius 1 is 0.926 bits per heavy atom. The first-order valence-electron chi connectivity index (χ1n) is 8.46. The standard InChI is InChI=1S/C21H22N2O4/c1-12-6-8-14(9-7-12)21-22-13(2)18(23-21)19(24)15-10-16(25-3)20(27-5)17(11-15)26-4/h6-11H,1-5H3,(H,22,23). The number of ether oxygens (including phenoxy) is 3. The number of ketones is 1. The van der Waals surface area contributed by atoms with Crippen LogP contribution in [0.2, 0.25) is 0 Å². The molecule has 140 valence electrons. The van der Waals surface area contributed by atoms with Crippen LogP contribution in [0.3, 0.4) is 0 Å². The predicted molar refractivity (Wildman–Crippen MR) is 103 cm³/mol. The highest BCUT2D eigenvalue weighted by molar-refractivity contribution is 6.09. The fourth-order valence-corrected chi connectivity index (χ4v) is 2.88. The number of rotatable bonds is 6. The van der Waals surface area contributed by atoms with Gasteiger partial charge < -0.3 is 19.2 Å². The van der Waals surface area contributed by atoms with Crippen molar-refractivity contribution in [2.45, 2.75) is 13.8 Å². The molecule has 0 spiro atoms. The molecule has 6 nitrogen and oxygen atoms in total. The Hall–Kier alpha value is -3.28. The third-order valence-electron chi connectivity index (χ3n) is 4.35. The molecule has 0 bridgehead atoms. The highest BCUT2D eigenvalue weighted by atomic mass is 16.5. The van der Waals surface area contributed by atoms with Crippen LogP contribution in [-0.4, -0.2) is 37.1 Å². The predicted octanol–water partition coefficient (Wildman–Crippen LogP) is 3.95. The summed E-state index contributed by atoms with van der Waals surface area (Å²) in [5, 5.41) is 0. The zero-order valence-electron chi connectivity index (χ0n) is 16.0. The van der Waals surface area contributed by atoms with Gasteiger partial charge in [0.05, 0.1) is 21.3 Å². The molecule has 0 amide bonds. The van der Waals surface area contributed by atoms with Crippen LogP contribution in [0.25, 0.3) is 11.4 Å². The number of benzene rings is 2. The largest absolute Gasteiger partial charge is 0.493 e. The molecule has 0 unspecified atom stereocenters. The molecule has 3 rings (SSSR count). The van der Waals surface area contributed by atoms with Crippen LogP contribution in [-0.2, 0) is 0 Å². The van der Waals surface area contributed by atoms with Crippen LogP contribution in [0.15, 0.2) is 36.4 Å². The van der Waals surface area contributed by atoms with Crippen molar-refractivity contribution in [2.24, 2.45) is 0 Å². The van der Waals surface area contributed by atoms with Gasteiger partial charge in [-0.1, -0.05) is 29.8 Å². The second-order valence-corrected chi connectivity index (χ2v) is 6.17. The third-order valence-corrected chi connectivity index (χ3v) is 4.35. The first-order chi connectivity index (χ1) is 13.0. The highest BCUT2D eigenvalue weighted by Crippen LogP contribution is 2.38. The molecule has 0 aliphatic carbocycles. The van der Waals surface area contributed by atoms with Crippen LogP contribution in [0.5, 0.6) is 17.2 Å². The minimum atomic E-state index is -0.221. The van der Waals surface area contributed by atoms with Gasteiger partial charge in [0, 0.05) is 16.8 Å². The van der Waals surface area contributed by atoms with E-state index < -0.39 is 0 Å². The van der Waals surface area contributed by atoms with Crippen LogP contribution in [0, 0.1) is 13.8 Å². The molecule has 0 saturated heterocycles. The normalized spacial score (nSPS) is 10.6. The van der Waals surface area contributed by atoms with Gasteiger partial charge in [0.2, 0.25) is 11.5 Å². The average molecular weight is 366 g/mol. The van der Waals surface area contributed by atoms with Crippen molar-refractivity contribution >= 4 is 5.78 Å². The van der Waals surface area contributed by atoms with E-state index >= 15 is 0 Å². The fourth-order valence-electron chi connectivity index (χ4n) is 2.88. The lowest BCUT2D eigenvalue weighted by atomic mass is 10.1. The van der Waals surface area contributed by atoms with E-state index in [0.29, 0.717) is 40.0 Å². The second kappa shape index (κ2) is 7.53. The Balaban J connectivity index is 2.02. The number of imidazole rings is 1. The number of nitrogens with one attached hydrogen (secondary N) is 1. The lowest BCUT2D eigenvalue weighted by Gasteiger charge is -2.13. The quantitative estimate of drug-likeness (QED) is 0.669. The number of carbonyl (C=O) groups is 1. The van der Waals surface area contributed by atoms with Gasteiger partial charge >= 0.3 is 0 Å². The number of methoxy groups -OCH3 is 3. The smallest absolute Gasteiger partial charge is 0.213 e. The molecule has 3 aromatic rings. The van der Waals surface area contributed by atoms with Gasteiger partial charge in [-0.25, -0.2) is 4.98 Å². The van der Waals surface area contributed by atoms with Crippen molar-refractivity contribution in [1.29, 1.82) is 0 Å². The SMILES string of the molecule is COc1cc(C(=O)c2nc(-c3ccc(C)cc3)[nH]c2C)cc(OC)c1OC. The van der Waals surface area contributed by atoms with Crippen LogP contribution in [0.4, 0.5) is 0 Å². The van der Waals surface area contributed by atoms with Gasteiger partial charge in [-0.15, -0.1) is 0 Å². The van der Waals surface area contributed by atoms with E-state index in [1.54, 1.807) is 12.1 Å². The number of carbonyl (C=O) groups excluding carboxylic acids is 1. The summed E-state index contributed by atoms with van der Waals surface area (Å²) >= 11 is 0. The van der Waals surface area contributed by atoms with Crippen molar-refractivity contribution in [2.75, 3.05) is 21.3 Å². The van der Waals surface area contributed by atoms with Crippen molar-refractivity contribution in [3.63, 3.8) is 0 Å². The Labute approximate surface area is 158 Å². The van der Waals surface area contributed by atoms with Gasteiger partial charge in [0.1, 0.15) is 11.5 Å². The molecule has 0 aliphatic rings. The number of aromatic amines is 1. The van der Waals surface area contributed by atoms with Crippen LogP contribution in [0.1, 0.15) is 27.3 Å². The van der Waals surface area contributed by atoms with Gasteiger partial charge in [0.15, 0.2) is 11.5 Å². The van der Waals surface area contributed by atoms with E-state index in [-0.39, 0.29) is 5.78 Å². The molecular weight excluding hydrogens is 344 g/mol. The van der Waals surface area contributed by atoms with E-state index in [1.165, 1.54) is 21.3 Å². The number of nitrogens with zero attached hydrogens (tertiary/aromatic N) is 1. The molecular formula is C21H22N2O4. The summed E-state index contributed by atoms with van der Waals surface area (Å²) in [4.78, 5) is 20.8. The van der Waals surface area contributed by atoms with Gasteiger partial charge in [0.25, 0.3) is 0 Å². The summed E-state index contributed by atoms with van der Waals surface area (Å²) in [6, 6.07) is 11.2. The molecule has 1 aromatic heterocycles. The zero-order chi connectivity index (χ0) is 19.6. The summed E-state index contributed by atoms with van der Waals surface area (Å²) in [6.07, 6.45) is 0. The van der Waals surface area contributed by atoms with Crippen molar-refractivity contribution in [3.8, 4) is 28.6 Å². The molecule has 0 saturated carbocycles. The van der Waals surface area contributed by atoms with E-state index in [1.807, 2.05) is 38.1 Å². The highest BCUT2D eigenvalue weighted by Gasteiger charge is 2.22. The molecule has 27 heavy (non-hydrogen) atoms. The minimum Gasteiger partial charge on any atom is -0.493 e.